The Labute approximate surface area is 179 Å². The zero-order valence-corrected chi connectivity index (χ0v) is 17.7. The molecule has 1 N–H and O–H groups in total. The van der Waals surface area contributed by atoms with Crippen LogP contribution in [0.5, 0.6) is 11.5 Å². The molecule has 3 aromatic rings. The molecule has 3 aromatic carbocycles. The molecule has 0 aliphatic carbocycles. The SMILES string of the molecule is CCOc1cc2c(OCC)cccc2cc1/C=C1/SC(=Nc2ccccc2)NC1=O. The standard InChI is InChI=1S/C24H22N2O3S/c1-3-28-20-12-8-9-16-13-17(21(29-4-2)15-19(16)20)14-22-23(27)26-24(30-22)25-18-10-6-5-7-11-18/h5-15H,3-4H2,1-2H3,(H,25,26,27)/b22-14+. The van der Waals surface area contributed by atoms with Crippen molar-refractivity contribution < 1.29 is 14.3 Å². The van der Waals surface area contributed by atoms with Gasteiger partial charge in [0, 0.05) is 10.9 Å². The molecule has 0 bridgehead atoms. The van der Waals surface area contributed by atoms with Crippen molar-refractivity contribution in [2.24, 2.45) is 4.99 Å². The van der Waals surface area contributed by atoms with Gasteiger partial charge < -0.3 is 14.8 Å². The summed E-state index contributed by atoms with van der Waals surface area (Å²) >= 11 is 1.32. The first-order valence-corrected chi connectivity index (χ1v) is 10.7. The highest BCUT2D eigenvalue weighted by atomic mass is 32.2. The first-order chi connectivity index (χ1) is 14.7. The van der Waals surface area contributed by atoms with Crippen LogP contribution in [0.2, 0.25) is 0 Å². The Balaban J connectivity index is 1.71. The van der Waals surface area contributed by atoms with Gasteiger partial charge in [-0.25, -0.2) is 4.99 Å². The van der Waals surface area contributed by atoms with Crippen LogP contribution in [0.1, 0.15) is 19.4 Å². The molecule has 152 valence electrons. The first kappa shape index (κ1) is 20.0. The number of carbonyl (C=O) groups is 1. The quantitative estimate of drug-likeness (QED) is 0.535. The Morgan fingerprint density at radius 1 is 0.967 bits per heavy atom. The van der Waals surface area contributed by atoms with Crippen molar-refractivity contribution in [2.45, 2.75) is 13.8 Å². The Kier molecular flexibility index (Phi) is 6.05. The number of fused-ring (bicyclic) bond motifs is 1. The largest absolute Gasteiger partial charge is 0.493 e. The van der Waals surface area contributed by atoms with E-state index in [9.17, 15) is 4.79 Å². The molecular formula is C24H22N2O3S. The molecule has 1 aliphatic rings. The number of benzene rings is 3. The van der Waals surface area contributed by atoms with Gasteiger partial charge in [-0.15, -0.1) is 0 Å². The lowest BCUT2D eigenvalue weighted by atomic mass is 10.0. The van der Waals surface area contributed by atoms with Crippen molar-refractivity contribution in [2.75, 3.05) is 13.2 Å². The molecule has 0 saturated carbocycles. The molecule has 1 fully saturated rings. The van der Waals surface area contributed by atoms with Gasteiger partial charge in [-0.05, 0) is 67.4 Å². The number of nitrogens with zero attached hydrogens (tertiary/aromatic N) is 1. The monoisotopic (exact) mass is 418 g/mol. The van der Waals surface area contributed by atoms with Crippen LogP contribution < -0.4 is 14.8 Å². The van der Waals surface area contributed by atoms with Crippen LogP contribution in [0.15, 0.2) is 70.6 Å². The summed E-state index contributed by atoms with van der Waals surface area (Å²) in [6, 6.07) is 19.5. The minimum absolute atomic E-state index is 0.166. The Morgan fingerprint density at radius 3 is 2.50 bits per heavy atom. The Morgan fingerprint density at radius 2 is 1.73 bits per heavy atom. The Hall–Kier alpha value is -3.25. The first-order valence-electron chi connectivity index (χ1n) is 9.85. The van der Waals surface area contributed by atoms with E-state index in [1.54, 1.807) is 0 Å². The fraction of sp³-hybridized carbons (Fsp3) is 0.167. The second-order valence-electron chi connectivity index (χ2n) is 6.55. The second-order valence-corrected chi connectivity index (χ2v) is 7.58. The lowest BCUT2D eigenvalue weighted by Crippen LogP contribution is -2.19. The number of rotatable bonds is 6. The number of nitrogens with one attached hydrogen (secondary N) is 1. The zero-order valence-electron chi connectivity index (χ0n) is 16.8. The van der Waals surface area contributed by atoms with Gasteiger partial charge in [-0.3, -0.25) is 4.79 Å². The van der Waals surface area contributed by atoms with Crippen molar-refractivity contribution in [3.63, 3.8) is 0 Å². The van der Waals surface area contributed by atoms with Gasteiger partial charge in [0.2, 0.25) is 0 Å². The van der Waals surface area contributed by atoms with Crippen LogP contribution in [0.4, 0.5) is 5.69 Å². The topological polar surface area (TPSA) is 59.9 Å². The number of amides is 1. The van der Waals surface area contributed by atoms with Crippen LogP contribution in [0, 0.1) is 0 Å². The molecule has 0 radical (unpaired) electrons. The normalized spacial score (nSPS) is 16.3. The maximum atomic E-state index is 12.5. The van der Waals surface area contributed by atoms with Crippen LogP contribution in [0.25, 0.3) is 16.8 Å². The van der Waals surface area contributed by atoms with Crippen LogP contribution in [0.3, 0.4) is 0 Å². The smallest absolute Gasteiger partial charge is 0.264 e. The number of hydrogen-bond donors (Lipinski definition) is 1. The third-order valence-electron chi connectivity index (χ3n) is 4.49. The molecule has 30 heavy (non-hydrogen) atoms. The summed E-state index contributed by atoms with van der Waals surface area (Å²) < 4.78 is 11.6. The molecule has 6 heteroatoms. The van der Waals surface area contributed by atoms with E-state index in [0.29, 0.717) is 29.0 Å². The van der Waals surface area contributed by atoms with Crippen LogP contribution in [-0.2, 0) is 4.79 Å². The summed E-state index contributed by atoms with van der Waals surface area (Å²) in [5.74, 6) is 1.37. The van der Waals surface area contributed by atoms with E-state index in [0.717, 1.165) is 27.8 Å². The lowest BCUT2D eigenvalue weighted by molar-refractivity contribution is -0.115. The van der Waals surface area contributed by atoms with Gasteiger partial charge in [-0.1, -0.05) is 30.3 Å². The number of hydrogen-bond acceptors (Lipinski definition) is 5. The van der Waals surface area contributed by atoms with E-state index < -0.39 is 0 Å². The van der Waals surface area contributed by atoms with Crippen molar-refractivity contribution in [1.29, 1.82) is 0 Å². The predicted octanol–water partition coefficient (Wildman–Crippen LogP) is 5.53. The van der Waals surface area contributed by atoms with Gasteiger partial charge in [-0.2, -0.15) is 0 Å². The number of para-hydroxylation sites is 1. The minimum Gasteiger partial charge on any atom is -0.493 e. The second kappa shape index (κ2) is 9.05. The van der Waals surface area contributed by atoms with E-state index in [4.69, 9.17) is 9.47 Å². The maximum Gasteiger partial charge on any atom is 0.264 e. The predicted molar refractivity (Wildman–Crippen MR) is 124 cm³/mol. The minimum atomic E-state index is -0.166. The molecular weight excluding hydrogens is 396 g/mol. The number of carbonyl (C=O) groups excluding carboxylic acids is 1. The van der Waals surface area contributed by atoms with Crippen molar-refractivity contribution in [3.05, 3.63) is 71.1 Å². The number of amidine groups is 1. The third kappa shape index (κ3) is 4.33. The van der Waals surface area contributed by atoms with Gasteiger partial charge in [0.15, 0.2) is 5.17 Å². The highest BCUT2D eigenvalue weighted by Gasteiger charge is 2.24. The lowest BCUT2D eigenvalue weighted by Gasteiger charge is -2.12. The van der Waals surface area contributed by atoms with E-state index >= 15 is 0 Å². The summed E-state index contributed by atoms with van der Waals surface area (Å²) in [5, 5.41) is 5.41. The highest BCUT2D eigenvalue weighted by Crippen LogP contribution is 2.36. The fourth-order valence-electron chi connectivity index (χ4n) is 3.21. The molecule has 1 saturated heterocycles. The highest BCUT2D eigenvalue weighted by molar-refractivity contribution is 8.18. The number of aliphatic imine (C=N–C) groups is 1. The van der Waals surface area contributed by atoms with E-state index in [-0.39, 0.29) is 5.91 Å². The van der Waals surface area contributed by atoms with Crippen LogP contribution >= 0.6 is 11.8 Å². The summed E-state index contributed by atoms with van der Waals surface area (Å²) in [6.45, 7) is 5.02. The average Bonchev–Trinajstić information content (AvgIpc) is 3.08. The molecule has 1 amide bonds. The van der Waals surface area contributed by atoms with Gasteiger partial charge in [0.25, 0.3) is 5.91 Å². The number of ether oxygens (including phenoxy) is 2. The maximum absolute atomic E-state index is 12.5. The summed E-state index contributed by atoms with van der Waals surface area (Å²) in [5.41, 5.74) is 1.64. The van der Waals surface area contributed by atoms with Gasteiger partial charge in [0.05, 0.1) is 23.8 Å². The molecule has 5 nitrogen and oxygen atoms in total. The average molecular weight is 419 g/mol. The zero-order chi connectivity index (χ0) is 20.9. The molecule has 1 aliphatic heterocycles. The third-order valence-corrected chi connectivity index (χ3v) is 5.40. The summed E-state index contributed by atoms with van der Waals surface area (Å²) in [7, 11) is 0. The summed E-state index contributed by atoms with van der Waals surface area (Å²) in [4.78, 5) is 17.6. The van der Waals surface area contributed by atoms with Crippen LogP contribution in [-0.4, -0.2) is 24.3 Å². The van der Waals surface area contributed by atoms with E-state index in [1.165, 1.54) is 11.8 Å². The Bertz CT molecular complexity index is 1140. The molecule has 4 rings (SSSR count). The van der Waals surface area contributed by atoms with Gasteiger partial charge in [0.1, 0.15) is 11.5 Å². The number of thioether (sulfide) groups is 1. The van der Waals surface area contributed by atoms with E-state index in [1.807, 2.05) is 80.6 Å². The molecule has 0 aromatic heterocycles. The molecule has 0 atom stereocenters. The van der Waals surface area contributed by atoms with Crippen molar-refractivity contribution >= 4 is 45.4 Å². The molecule has 1 heterocycles. The van der Waals surface area contributed by atoms with Crippen molar-refractivity contribution in [1.82, 2.24) is 5.32 Å². The van der Waals surface area contributed by atoms with Gasteiger partial charge >= 0.3 is 0 Å². The molecule has 0 unspecified atom stereocenters. The van der Waals surface area contributed by atoms with E-state index in [2.05, 4.69) is 10.3 Å². The van der Waals surface area contributed by atoms with Crippen molar-refractivity contribution in [3.8, 4) is 11.5 Å². The summed E-state index contributed by atoms with van der Waals surface area (Å²) in [6.07, 6.45) is 1.85. The fourth-order valence-corrected chi connectivity index (χ4v) is 4.04. The molecule has 0 spiro atoms.